The van der Waals surface area contributed by atoms with Gasteiger partial charge in [0.15, 0.2) is 0 Å². The minimum Gasteiger partial charge on any atom is -0.389 e. The number of amides is 1. The number of nitrogens with one attached hydrogen (secondary N) is 1. The molecule has 4 nitrogen and oxygen atoms in total. The number of fused-ring (bicyclic) bond motifs is 1. The number of hydrogen-bond acceptors (Lipinski definition) is 3. The number of nitrogens with zero attached hydrogens (tertiary/aromatic N) is 1. The van der Waals surface area contributed by atoms with Crippen molar-refractivity contribution in [3.63, 3.8) is 0 Å². The van der Waals surface area contributed by atoms with Gasteiger partial charge >= 0.3 is 0 Å². The predicted molar refractivity (Wildman–Crippen MR) is 78.3 cm³/mol. The maximum absolute atomic E-state index is 11.9. The molecule has 2 N–H and O–H groups in total. The van der Waals surface area contributed by atoms with E-state index >= 15 is 0 Å². The summed E-state index contributed by atoms with van der Waals surface area (Å²) in [6.07, 6.45) is 8.75. The van der Waals surface area contributed by atoms with Gasteiger partial charge in [0, 0.05) is 18.6 Å². The fourth-order valence-electron chi connectivity index (χ4n) is 4.28. The Morgan fingerprint density at radius 1 is 1.25 bits per heavy atom. The average Bonchev–Trinajstić information content (AvgIpc) is 2.42. The Morgan fingerprint density at radius 2 is 1.95 bits per heavy atom. The zero-order valence-electron chi connectivity index (χ0n) is 12.6. The molecule has 3 fully saturated rings. The molecule has 1 aliphatic heterocycles. The van der Waals surface area contributed by atoms with Crippen molar-refractivity contribution in [1.82, 2.24) is 10.2 Å². The Labute approximate surface area is 121 Å². The Hall–Kier alpha value is -0.610. The first-order valence-corrected chi connectivity index (χ1v) is 8.31. The van der Waals surface area contributed by atoms with Crippen LogP contribution in [0.3, 0.4) is 0 Å². The van der Waals surface area contributed by atoms with Crippen LogP contribution in [-0.4, -0.2) is 46.7 Å². The Morgan fingerprint density at radius 3 is 2.70 bits per heavy atom. The largest absolute Gasteiger partial charge is 0.389 e. The van der Waals surface area contributed by atoms with Crippen LogP contribution in [-0.2, 0) is 4.79 Å². The maximum atomic E-state index is 11.9. The number of aliphatic hydroxyl groups is 1. The van der Waals surface area contributed by atoms with Crippen LogP contribution in [0, 0.1) is 5.92 Å². The van der Waals surface area contributed by atoms with Crippen molar-refractivity contribution in [2.24, 2.45) is 5.92 Å². The molecule has 0 aromatic rings. The van der Waals surface area contributed by atoms with Crippen molar-refractivity contribution in [3.8, 4) is 0 Å². The van der Waals surface area contributed by atoms with E-state index in [9.17, 15) is 9.90 Å². The lowest BCUT2D eigenvalue weighted by Gasteiger charge is -2.47. The van der Waals surface area contributed by atoms with Crippen molar-refractivity contribution in [2.45, 2.75) is 76.0 Å². The number of rotatable bonds is 2. The van der Waals surface area contributed by atoms with Crippen LogP contribution in [0.2, 0.25) is 0 Å². The molecule has 0 radical (unpaired) electrons. The van der Waals surface area contributed by atoms with Crippen LogP contribution in [0.5, 0.6) is 0 Å². The van der Waals surface area contributed by atoms with Gasteiger partial charge in [0.25, 0.3) is 0 Å². The molecule has 20 heavy (non-hydrogen) atoms. The van der Waals surface area contributed by atoms with Gasteiger partial charge in [-0.2, -0.15) is 0 Å². The van der Waals surface area contributed by atoms with Gasteiger partial charge in [-0.15, -0.1) is 0 Å². The van der Waals surface area contributed by atoms with Gasteiger partial charge in [-0.05, 0) is 44.4 Å². The summed E-state index contributed by atoms with van der Waals surface area (Å²) in [7, 11) is 0. The summed E-state index contributed by atoms with van der Waals surface area (Å²) in [4.78, 5) is 14.2. The SMILES string of the molecule is CC1CCC(O)(CN2CC(=O)NC3CCCCC32)CC1. The lowest BCUT2D eigenvalue weighted by atomic mass is 9.78. The monoisotopic (exact) mass is 280 g/mol. The minimum atomic E-state index is -0.563. The number of hydrogen-bond donors (Lipinski definition) is 2. The molecule has 2 aliphatic carbocycles. The van der Waals surface area contributed by atoms with Gasteiger partial charge in [0.2, 0.25) is 5.91 Å². The van der Waals surface area contributed by atoms with Gasteiger partial charge in [0.1, 0.15) is 0 Å². The minimum absolute atomic E-state index is 0.140. The fourth-order valence-corrected chi connectivity index (χ4v) is 4.28. The Bertz CT molecular complexity index is 363. The normalized spacial score (nSPS) is 42.9. The van der Waals surface area contributed by atoms with Crippen molar-refractivity contribution in [3.05, 3.63) is 0 Å². The van der Waals surface area contributed by atoms with Gasteiger partial charge in [-0.25, -0.2) is 0 Å². The second-order valence-electron chi connectivity index (χ2n) is 7.34. The first-order chi connectivity index (χ1) is 9.56. The van der Waals surface area contributed by atoms with Crippen LogP contribution < -0.4 is 5.32 Å². The third kappa shape index (κ3) is 3.01. The molecule has 2 saturated carbocycles. The molecular weight excluding hydrogens is 252 g/mol. The highest BCUT2D eigenvalue weighted by Gasteiger charge is 2.41. The topological polar surface area (TPSA) is 52.6 Å². The van der Waals surface area contributed by atoms with E-state index in [4.69, 9.17) is 0 Å². The predicted octanol–water partition coefficient (Wildman–Crippen LogP) is 1.67. The summed E-state index contributed by atoms with van der Waals surface area (Å²) in [6.45, 7) is 3.43. The molecule has 0 aromatic carbocycles. The van der Waals surface area contributed by atoms with Crippen LogP contribution in [0.1, 0.15) is 58.3 Å². The molecule has 3 rings (SSSR count). The summed E-state index contributed by atoms with van der Waals surface area (Å²) >= 11 is 0. The number of β-amino-alcohol motifs (C(OH)–C–C–N with tert-alkyl or cyclic N) is 1. The molecule has 1 saturated heterocycles. The Balaban J connectivity index is 1.66. The third-order valence-corrected chi connectivity index (χ3v) is 5.59. The first-order valence-electron chi connectivity index (χ1n) is 8.31. The number of piperazine rings is 1. The van der Waals surface area contributed by atoms with Crippen LogP contribution in [0.4, 0.5) is 0 Å². The summed E-state index contributed by atoms with van der Waals surface area (Å²) in [5.74, 6) is 0.878. The Kier molecular flexibility index (Phi) is 4.04. The van der Waals surface area contributed by atoms with E-state index in [1.807, 2.05) is 0 Å². The van der Waals surface area contributed by atoms with E-state index in [2.05, 4.69) is 17.1 Å². The quantitative estimate of drug-likeness (QED) is 0.809. The number of carbonyl (C=O) groups excluding carboxylic acids is 1. The summed E-state index contributed by atoms with van der Waals surface area (Å²) in [5.41, 5.74) is -0.563. The first kappa shape index (κ1) is 14.3. The van der Waals surface area contributed by atoms with E-state index in [0.717, 1.165) is 44.4 Å². The fraction of sp³-hybridized carbons (Fsp3) is 0.938. The van der Waals surface area contributed by atoms with E-state index < -0.39 is 5.60 Å². The van der Waals surface area contributed by atoms with Gasteiger partial charge in [-0.3, -0.25) is 9.69 Å². The van der Waals surface area contributed by atoms with Crippen LogP contribution in [0.15, 0.2) is 0 Å². The molecule has 3 aliphatic rings. The summed E-state index contributed by atoms with van der Waals surface area (Å²) in [5, 5.41) is 14.0. The highest BCUT2D eigenvalue weighted by atomic mass is 16.3. The molecule has 1 heterocycles. The maximum Gasteiger partial charge on any atom is 0.234 e. The van der Waals surface area contributed by atoms with Crippen LogP contribution in [0.25, 0.3) is 0 Å². The third-order valence-electron chi connectivity index (χ3n) is 5.59. The van der Waals surface area contributed by atoms with Crippen LogP contribution >= 0.6 is 0 Å². The second kappa shape index (κ2) is 5.64. The molecule has 0 aromatic heterocycles. The molecule has 1 amide bonds. The lowest BCUT2D eigenvalue weighted by Crippen LogP contribution is -2.64. The molecular formula is C16H28N2O2. The number of carbonyl (C=O) groups is 1. The average molecular weight is 280 g/mol. The van der Waals surface area contributed by atoms with Gasteiger partial charge in [-0.1, -0.05) is 19.8 Å². The molecule has 0 spiro atoms. The van der Waals surface area contributed by atoms with Crippen molar-refractivity contribution < 1.29 is 9.90 Å². The van der Waals surface area contributed by atoms with Crippen molar-refractivity contribution in [1.29, 1.82) is 0 Å². The van der Waals surface area contributed by atoms with E-state index in [1.54, 1.807) is 0 Å². The zero-order valence-corrected chi connectivity index (χ0v) is 12.6. The second-order valence-corrected chi connectivity index (χ2v) is 7.34. The molecule has 0 bridgehead atoms. The van der Waals surface area contributed by atoms with E-state index in [0.29, 0.717) is 25.2 Å². The zero-order chi connectivity index (χ0) is 14.2. The highest BCUT2D eigenvalue weighted by molar-refractivity contribution is 5.79. The van der Waals surface area contributed by atoms with Crippen molar-refractivity contribution >= 4 is 5.91 Å². The van der Waals surface area contributed by atoms with E-state index in [-0.39, 0.29) is 5.91 Å². The summed E-state index contributed by atoms with van der Waals surface area (Å²) < 4.78 is 0. The van der Waals surface area contributed by atoms with Crippen molar-refractivity contribution in [2.75, 3.05) is 13.1 Å². The summed E-state index contributed by atoms with van der Waals surface area (Å²) in [6, 6.07) is 0.765. The smallest absolute Gasteiger partial charge is 0.234 e. The molecule has 4 heteroatoms. The molecule has 2 unspecified atom stereocenters. The van der Waals surface area contributed by atoms with Gasteiger partial charge < -0.3 is 10.4 Å². The lowest BCUT2D eigenvalue weighted by molar-refractivity contribution is -0.131. The standard InChI is InChI=1S/C16H28N2O2/c1-12-6-8-16(20,9-7-12)11-18-10-15(19)17-13-4-2-3-5-14(13)18/h12-14,20H,2-11H2,1H3,(H,17,19). The highest BCUT2D eigenvalue weighted by Crippen LogP contribution is 2.34. The molecule has 2 atom stereocenters. The van der Waals surface area contributed by atoms with E-state index in [1.165, 1.54) is 12.8 Å². The van der Waals surface area contributed by atoms with Gasteiger partial charge in [0.05, 0.1) is 12.1 Å². The molecule has 114 valence electrons.